The third-order valence-corrected chi connectivity index (χ3v) is 3.17. The maximum absolute atomic E-state index is 5.46. The second-order valence-electron chi connectivity index (χ2n) is 4.25. The zero-order valence-corrected chi connectivity index (χ0v) is 9.55. The van der Waals surface area contributed by atoms with Crippen molar-refractivity contribution in [1.29, 1.82) is 0 Å². The van der Waals surface area contributed by atoms with Gasteiger partial charge in [-0.25, -0.2) is 4.99 Å². The molecule has 2 aromatic rings. The minimum atomic E-state index is 0.786. The summed E-state index contributed by atoms with van der Waals surface area (Å²) in [4.78, 5) is 7.92. The molecule has 0 saturated carbocycles. The Hall–Kier alpha value is -2.55. The molecule has 0 saturated heterocycles. The van der Waals surface area contributed by atoms with E-state index in [-0.39, 0.29) is 0 Å². The van der Waals surface area contributed by atoms with Crippen LogP contribution in [-0.2, 0) is 4.74 Å². The third-order valence-electron chi connectivity index (χ3n) is 3.17. The maximum atomic E-state index is 5.46. The average Bonchev–Trinajstić information content (AvgIpc) is 2.79. The number of aromatic amines is 1. The van der Waals surface area contributed by atoms with E-state index >= 15 is 0 Å². The van der Waals surface area contributed by atoms with E-state index in [0.717, 1.165) is 27.5 Å². The first-order valence-electron chi connectivity index (χ1n) is 5.82. The summed E-state index contributed by atoms with van der Waals surface area (Å²) >= 11 is 0. The van der Waals surface area contributed by atoms with Gasteiger partial charge < -0.3 is 9.72 Å². The summed E-state index contributed by atoms with van der Waals surface area (Å²) < 4.78 is 5.46. The van der Waals surface area contributed by atoms with Gasteiger partial charge in [-0.3, -0.25) is 0 Å². The van der Waals surface area contributed by atoms with E-state index in [1.165, 1.54) is 5.39 Å². The van der Waals surface area contributed by atoms with Crippen LogP contribution in [-0.4, -0.2) is 4.98 Å². The van der Waals surface area contributed by atoms with Crippen molar-refractivity contribution in [3.8, 4) is 0 Å². The standard InChI is InChI=1S/C15H10N2O/c1-2-13-14(18-9-1)6-4-11-12(17-13)5-3-10-7-8-16-15(10)11/h1-9,16H. The fourth-order valence-electron chi connectivity index (χ4n) is 2.30. The Kier molecular flexibility index (Phi) is 1.83. The summed E-state index contributed by atoms with van der Waals surface area (Å²) in [5.74, 6) is 0.786. The van der Waals surface area contributed by atoms with Gasteiger partial charge in [0.25, 0.3) is 0 Å². The van der Waals surface area contributed by atoms with Crippen LogP contribution >= 0.6 is 0 Å². The van der Waals surface area contributed by atoms with Crippen LogP contribution in [0.2, 0.25) is 0 Å². The SMILES string of the molecule is C1=COC2=CC=c3c(ccc4cc[nH]c34)=NC2=C1. The van der Waals surface area contributed by atoms with E-state index in [1.807, 2.05) is 36.6 Å². The highest BCUT2D eigenvalue weighted by molar-refractivity contribution is 5.81. The number of H-pyrrole nitrogens is 1. The summed E-state index contributed by atoms with van der Waals surface area (Å²) in [6.07, 6.45) is 11.4. The van der Waals surface area contributed by atoms with Gasteiger partial charge in [0.1, 0.15) is 5.70 Å². The van der Waals surface area contributed by atoms with Gasteiger partial charge in [-0.05, 0) is 36.4 Å². The molecule has 0 spiro atoms. The zero-order chi connectivity index (χ0) is 11.9. The smallest absolute Gasteiger partial charge is 0.152 e. The predicted molar refractivity (Wildman–Crippen MR) is 69.9 cm³/mol. The first kappa shape index (κ1) is 9.48. The van der Waals surface area contributed by atoms with Gasteiger partial charge >= 0.3 is 0 Å². The van der Waals surface area contributed by atoms with Crippen molar-refractivity contribution in [2.75, 3.05) is 0 Å². The van der Waals surface area contributed by atoms with Crippen molar-refractivity contribution in [3.63, 3.8) is 0 Å². The zero-order valence-electron chi connectivity index (χ0n) is 9.55. The lowest BCUT2D eigenvalue weighted by Crippen LogP contribution is -2.25. The molecule has 3 nitrogen and oxygen atoms in total. The largest absolute Gasteiger partial charge is 0.463 e. The van der Waals surface area contributed by atoms with Gasteiger partial charge in [-0.2, -0.15) is 0 Å². The summed E-state index contributed by atoms with van der Waals surface area (Å²) in [5.41, 5.74) is 1.97. The van der Waals surface area contributed by atoms with Crippen LogP contribution in [0.25, 0.3) is 17.0 Å². The molecule has 0 aliphatic carbocycles. The van der Waals surface area contributed by atoms with E-state index in [9.17, 15) is 0 Å². The molecule has 1 aromatic carbocycles. The average molecular weight is 234 g/mol. The Labute approximate surface area is 103 Å². The second-order valence-corrected chi connectivity index (χ2v) is 4.25. The first-order valence-corrected chi connectivity index (χ1v) is 5.82. The number of hydrogen-bond donors (Lipinski definition) is 1. The first-order chi connectivity index (χ1) is 8.92. The van der Waals surface area contributed by atoms with E-state index < -0.39 is 0 Å². The van der Waals surface area contributed by atoms with Gasteiger partial charge in [0.05, 0.1) is 17.1 Å². The van der Waals surface area contributed by atoms with Gasteiger partial charge in [-0.15, -0.1) is 0 Å². The molecule has 2 aliphatic rings. The minimum absolute atomic E-state index is 0.786. The molecule has 3 heteroatoms. The summed E-state index contributed by atoms with van der Waals surface area (Å²) in [6, 6.07) is 6.18. The molecule has 3 heterocycles. The lowest BCUT2D eigenvalue weighted by molar-refractivity contribution is 0.356. The van der Waals surface area contributed by atoms with Gasteiger partial charge in [0.15, 0.2) is 5.76 Å². The summed E-state index contributed by atoms with van der Waals surface area (Å²) in [7, 11) is 0. The molecule has 1 N–H and O–H groups in total. The van der Waals surface area contributed by atoms with E-state index in [4.69, 9.17) is 4.74 Å². The molecule has 1 aromatic heterocycles. The lowest BCUT2D eigenvalue weighted by atomic mass is 10.2. The molecule has 0 unspecified atom stereocenters. The van der Waals surface area contributed by atoms with Crippen LogP contribution in [0, 0.1) is 0 Å². The lowest BCUT2D eigenvalue weighted by Gasteiger charge is -2.08. The van der Waals surface area contributed by atoms with Crippen molar-refractivity contribution in [2.45, 2.75) is 0 Å². The molecule has 0 atom stereocenters. The van der Waals surface area contributed by atoms with Crippen molar-refractivity contribution in [3.05, 3.63) is 70.9 Å². The van der Waals surface area contributed by atoms with Gasteiger partial charge in [-0.1, -0.05) is 6.07 Å². The van der Waals surface area contributed by atoms with Crippen molar-refractivity contribution >= 4 is 17.0 Å². The normalized spacial score (nSPS) is 16.4. The quantitative estimate of drug-likeness (QED) is 0.742. The number of nitrogens with one attached hydrogen (secondary N) is 1. The van der Waals surface area contributed by atoms with Crippen LogP contribution in [0.15, 0.2) is 65.3 Å². The van der Waals surface area contributed by atoms with Crippen molar-refractivity contribution in [1.82, 2.24) is 4.98 Å². The number of benzene rings is 1. The number of aromatic nitrogens is 1. The highest BCUT2D eigenvalue weighted by atomic mass is 16.5. The van der Waals surface area contributed by atoms with Crippen LogP contribution in [0.4, 0.5) is 0 Å². The van der Waals surface area contributed by atoms with Crippen LogP contribution in [0.5, 0.6) is 0 Å². The number of hydrogen-bond acceptors (Lipinski definition) is 2. The number of fused-ring (bicyclic) bond motifs is 4. The molecular formula is C15H10N2O. The Morgan fingerprint density at radius 1 is 1.06 bits per heavy atom. The maximum Gasteiger partial charge on any atom is 0.152 e. The predicted octanol–water partition coefficient (Wildman–Crippen LogP) is 1.89. The van der Waals surface area contributed by atoms with E-state index in [2.05, 4.69) is 22.1 Å². The van der Waals surface area contributed by atoms with Crippen molar-refractivity contribution in [2.24, 2.45) is 4.99 Å². The second kappa shape index (κ2) is 3.47. The minimum Gasteiger partial charge on any atom is -0.463 e. The molecule has 0 amide bonds. The number of allylic oxidation sites excluding steroid dienone is 3. The summed E-state index contributed by atoms with van der Waals surface area (Å²) in [5, 5.41) is 3.25. The molecule has 0 radical (unpaired) electrons. The number of nitrogens with zero attached hydrogens (tertiary/aromatic N) is 1. The fraction of sp³-hybridized carbons (Fsp3) is 0. The van der Waals surface area contributed by atoms with Crippen LogP contribution < -0.4 is 10.6 Å². The van der Waals surface area contributed by atoms with E-state index in [1.54, 1.807) is 6.26 Å². The molecule has 18 heavy (non-hydrogen) atoms. The Balaban J connectivity index is 2.15. The van der Waals surface area contributed by atoms with Crippen LogP contribution in [0.1, 0.15) is 0 Å². The Bertz CT molecular complexity index is 850. The monoisotopic (exact) mass is 234 g/mol. The molecule has 4 rings (SSSR count). The third kappa shape index (κ3) is 1.27. The highest BCUT2D eigenvalue weighted by Crippen LogP contribution is 2.18. The van der Waals surface area contributed by atoms with Crippen molar-refractivity contribution < 1.29 is 4.74 Å². The van der Waals surface area contributed by atoms with Gasteiger partial charge in [0, 0.05) is 16.8 Å². The molecule has 2 aliphatic heterocycles. The Morgan fingerprint density at radius 2 is 2.06 bits per heavy atom. The number of rotatable bonds is 0. The molecule has 0 bridgehead atoms. The molecule has 86 valence electrons. The highest BCUT2D eigenvalue weighted by Gasteiger charge is 2.09. The summed E-state index contributed by atoms with van der Waals surface area (Å²) in [6.45, 7) is 0. The molecule has 0 fully saturated rings. The van der Waals surface area contributed by atoms with E-state index in [0.29, 0.717) is 0 Å². The van der Waals surface area contributed by atoms with Crippen LogP contribution in [0.3, 0.4) is 0 Å². The topological polar surface area (TPSA) is 37.4 Å². The fourth-order valence-corrected chi connectivity index (χ4v) is 2.30. The van der Waals surface area contributed by atoms with Gasteiger partial charge in [0.2, 0.25) is 0 Å². The molecular weight excluding hydrogens is 224 g/mol. The Morgan fingerprint density at radius 3 is 3.06 bits per heavy atom. The number of ether oxygens (including phenoxy) is 1.